The number of aromatic nitrogens is 2. The van der Waals surface area contributed by atoms with Crippen molar-refractivity contribution in [1.29, 1.82) is 0 Å². The quantitative estimate of drug-likeness (QED) is 0.714. The van der Waals surface area contributed by atoms with Gasteiger partial charge in [0.05, 0.1) is 12.5 Å². The Morgan fingerprint density at radius 1 is 1.16 bits per heavy atom. The first-order valence-electron chi connectivity index (χ1n) is 6.32. The average molecular weight is 252 g/mol. The molecule has 2 heterocycles. The predicted octanol–water partition coefficient (Wildman–Crippen LogP) is 3.40. The van der Waals surface area contributed by atoms with Gasteiger partial charge in [0, 0.05) is 18.4 Å². The van der Waals surface area contributed by atoms with Crippen molar-refractivity contribution < 1.29 is 4.74 Å². The van der Waals surface area contributed by atoms with E-state index in [1.165, 1.54) is 11.3 Å². The van der Waals surface area contributed by atoms with Crippen molar-refractivity contribution in [1.82, 2.24) is 9.55 Å². The highest BCUT2D eigenvalue weighted by Crippen LogP contribution is 2.27. The van der Waals surface area contributed by atoms with Crippen molar-refractivity contribution in [2.24, 2.45) is 0 Å². The lowest BCUT2D eigenvalue weighted by Gasteiger charge is -2.08. The molecule has 0 aliphatic rings. The van der Waals surface area contributed by atoms with Crippen LogP contribution in [0.3, 0.4) is 0 Å². The second kappa shape index (κ2) is 4.76. The molecule has 3 aromatic rings. The minimum absolute atomic E-state index is 0.830. The molecular weight excluding hydrogens is 236 g/mol. The lowest BCUT2D eigenvalue weighted by Crippen LogP contribution is -2.02. The highest BCUT2D eigenvalue weighted by molar-refractivity contribution is 5.84. The van der Waals surface area contributed by atoms with Crippen LogP contribution in [-0.2, 0) is 6.54 Å². The smallest absolute Gasteiger partial charge is 0.144 e. The zero-order chi connectivity index (χ0) is 13.2. The van der Waals surface area contributed by atoms with Crippen LogP contribution < -0.4 is 4.74 Å². The van der Waals surface area contributed by atoms with Crippen molar-refractivity contribution >= 4 is 11.0 Å². The van der Waals surface area contributed by atoms with E-state index in [1.807, 2.05) is 12.1 Å². The summed E-state index contributed by atoms with van der Waals surface area (Å²) in [5.41, 5.74) is 3.43. The van der Waals surface area contributed by atoms with Crippen LogP contribution in [0, 0.1) is 6.92 Å². The van der Waals surface area contributed by atoms with Crippen LogP contribution in [0.5, 0.6) is 5.75 Å². The van der Waals surface area contributed by atoms with Crippen LogP contribution >= 0.6 is 0 Å². The number of pyridine rings is 1. The molecule has 3 nitrogen and oxygen atoms in total. The van der Waals surface area contributed by atoms with Crippen molar-refractivity contribution in [3.05, 3.63) is 59.9 Å². The van der Waals surface area contributed by atoms with E-state index < -0.39 is 0 Å². The fourth-order valence-corrected chi connectivity index (χ4v) is 2.39. The molecule has 1 aromatic carbocycles. The number of rotatable bonds is 3. The van der Waals surface area contributed by atoms with Crippen LogP contribution in [-0.4, -0.2) is 16.7 Å². The fourth-order valence-electron chi connectivity index (χ4n) is 2.39. The Morgan fingerprint density at radius 2 is 1.95 bits per heavy atom. The SMILES string of the molecule is COc1ccnc2c1cc(C)n2Cc1ccccc1. The number of ether oxygens (including phenoxy) is 1. The van der Waals surface area contributed by atoms with E-state index in [0.717, 1.165) is 23.3 Å². The third kappa shape index (κ3) is 2.08. The first-order chi connectivity index (χ1) is 9.29. The number of fused-ring (bicyclic) bond motifs is 1. The Labute approximate surface area is 112 Å². The van der Waals surface area contributed by atoms with Gasteiger partial charge in [-0.15, -0.1) is 0 Å². The van der Waals surface area contributed by atoms with E-state index in [4.69, 9.17) is 4.74 Å². The van der Waals surface area contributed by atoms with Gasteiger partial charge in [0.25, 0.3) is 0 Å². The maximum absolute atomic E-state index is 5.39. The van der Waals surface area contributed by atoms with E-state index in [9.17, 15) is 0 Å². The van der Waals surface area contributed by atoms with Crippen LogP contribution in [0.25, 0.3) is 11.0 Å². The molecule has 0 saturated heterocycles. The van der Waals surface area contributed by atoms with E-state index in [2.05, 4.69) is 46.8 Å². The normalized spacial score (nSPS) is 10.8. The second-order valence-electron chi connectivity index (χ2n) is 4.61. The van der Waals surface area contributed by atoms with E-state index in [0.29, 0.717) is 0 Å². The van der Waals surface area contributed by atoms with Crippen molar-refractivity contribution in [3.63, 3.8) is 0 Å². The Bertz CT molecular complexity index is 701. The molecule has 0 bridgehead atoms. The van der Waals surface area contributed by atoms with Crippen molar-refractivity contribution in [2.75, 3.05) is 7.11 Å². The minimum Gasteiger partial charge on any atom is -0.496 e. The highest BCUT2D eigenvalue weighted by Gasteiger charge is 2.10. The van der Waals surface area contributed by atoms with Gasteiger partial charge in [-0.2, -0.15) is 0 Å². The summed E-state index contributed by atoms with van der Waals surface area (Å²) in [5, 5.41) is 1.07. The Balaban J connectivity index is 2.11. The van der Waals surface area contributed by atoms with E-state index in [1.54, 1.807) is 13.3 Å². The third-order valence-electron chi connectivity index (χ3n) is 3.37. The van der Waals surface area contributed by atoms with Crippen molar-refractivity contribution in [3.8, 4) is 5.75 Å². The van der Waals surface area contributed by atoms with E-state index >= 15 is 0 Å². The van der Waals surface area contributed by atoms with Gasteiger partial charge in [-0.05, 0) is 24.6 Å². The number of hydrogen-bond acceptors (Lipinski definition) is 2. The second-order valence-corrected chi connectivity index (χ2v) is 4.61. The van der Waals surface area contributed by atoms with Crippen LogP contribution in [0.15, 0.2) is 48.7 Å². The molecule has 0 atom stereocenters. The summed E-state index contributed by atoms with van der Waals surface area (Å²) in [6, 6.07) is 14.4. The summed E-state index contributed by atoms with van der Waals surface area (Å²) in [6.07, 6.45) is 1.79. The summed E-state index contributed by atoms with van der Waals surface area (Å²) >= 11 is 0. The molecule has 2 aromatic heterocycles. The number of hydrogen-bond donors (Lipinski definition) is 0. The molecule has 0 unspecified atom stereocenters. The molecule has 0 amide bonds. The first-order valence-corrected chi connectivity index (χ1v) is 6.32. The first kappa shape index (κ1) is 11.8. The molecule has 96 valence electrons. The zero-order valence-electron chi connectivity index (χ0n) is 11.1. The molecule has 0 aliphatic carbocycles. The lowest BCUT2D eigenvalue weighted by molar-refractivity contribution is 0.419. The van der Waals surface area contributed by atoms with Gasteiger partial charge in [0.1, 0.15) is 11.4 Å². The molecule has 0 radical (unpaired) electrons. The van der Waals surface area contributed by atoms with Crippen molar-refractivity contribution in [2.45, 2.75) is 13.5 Å². The van der Waals surface area contributed by atoms with Crippen LogP contribution in [0.4, 0.5) is 0 Å². The topological polar surface area (TPSA) is 27.1 Å². The number of benzene rings is 1. The average Bonchev–Trinajstić information content (AvgIpc) is 2.76. The number of methoxy groups -OCH3 is 1. The Morgan fingerprint density at radius 3 is 2.68 bits per heavy atom. The molecule has 0 saturated carbocycles. The van der Waals surface area contributed by atoms with Crippen LogP contribution in [0.1, 0.15) is 11.3 Å². The van der Waals surface area contributed by atoms with Gasteiger partial charge in [-0.1, -0.05) is 30.3 Å². The summed E-state index contributed by atoms with van der Waals surface area (Å²) < 4.78 is 7.61. The fraction of sp³-hybridized carbons (Fsp3) is 0.188. The van der Waals surface area contributed by atoms with Gasteiger partial charge in [0.15, 0.2) is 0 Å². The predicted molar refractivity (Wildman–Crippen MR) is 76.6 cm³/mol. The largest absolute Gasteiger partial charge is 0.496 e. The molecule has 0 fully saturated rings. The van der Waals surface area contributed by atoms with Gasteiger partial charge in [-0.3, -0.25) is 0 Å². The van der Waals surface area contributed by atoms with Gasteiger partial charge in [-0.25, -0.2) is 4.98 Å². The Kier molecular flexibility index (Phi) is 2.95. The minimum atomic E-state index is 0.830. The molecular formula is C16H16N2O. The number of nitrogens with zero attached hydrogens (tertiary/aromatic N) is 2. The van der Waals surface area contributed by atoms with Crippen LogP contribution in [0.2, 0.25) is 0 Å². The molecule has 0 N–H and O–H groups in total. The summed E-state index contributed by atoms with van der Waals surface area (Å²) in [5.74, 6) is 0.875. The van der Waals surface area contributed by atoms with Gasteiger partial charge in [0.2, 0.25) is 0 Å². The standard InChI is InChI=1S/C16H16N2O/c1-12-10-14-15(19-2)8-9-17-16(14)18(12)11-13-6-4-3-5-7-13/h3-10H,11H2,1-2H3. The summed E-state index contributed by atoms with van der Waals surface area (Å²) in [6.45, 7) is 2.93. The molecule has 3 rings (SSSR count). The van der Waals surface area contributed by atoms with Gasteiger partial charge >= 0.3 is 0 Å². The number of aryl methyl sites for hydroxylation is 1. The third-order valence-corrected chi connectivity index (χ3v) is 3.37. The highest BCUT2D eigenvalue weighted by atomic mass is 16.5. The molecule has 3 heteroatoms. The Hall–Kier alpha value is -2.29. The molecule has 0 aliphatic heterocycles. The lowest BCUT2D eigenvalue weighted by atomic mass is 10.2. The van der Waals surface area contributed by atoms with Gasteiger partial charge < -0.3 is 9.30 Å². The monoisotopic (exact) mass is 252 g/mol. The summed E-state index contributed by atoms with van der Waals surface area (Å²) in [7, 11) is 1.69. The molecule has 19 heavy (non-hydrogen) atoms. The summed E-state index contributed by atoms with van der Waals surface area (Å²) in [4.78, 5) is 4.49. The molecule has 0 spiro atoms. The maximum atomic E-state index is 5.39. The van der Waals surface area contributed by atoms with E-state index in [-0.39, 0.29) is 0 Å². The maximum Gasteiger partial charge on any atom is 0.144 e. The zero-order valence-corrected chi connectivity index (χ0v) is 11.1.